The first kappa shape index (κ1) is 17.0. The van der Waals surface area contributed by atoms with Gasteiger partial charge in [-0.05, 0) is 47.7 Å². The molecule has 0 aliphatic heterocycles. The Hall–Kier alpha value is -2.89. The Bertz CT molecular complexity index is 748. The summed E-state index contributed by atoms with van der Waals surface area (Å²) in [6.45, 7) is 2.99. The highest BCUT2D eigenvalue weighted by atomic mass is 16.2. The molecule has 0 radical (unpaired) electrons. The van der Waals surface area contributed by atoms with E-state index in [1.807, 2.05) is 36.4 Å². The second-order valence-corrected chi connectivity index (χ2v) is 6.40. The van der Waals surface area contributed by atoms with Crippen LogP contribution in [0.5, 0.6) is 0 Å². The summed E-state index contributed by atoms with van der Waals surface area (Å²) in [7, 11) is 0. The van der Waals surface area contributed by atoms with Crippen molar-refractivity contribution in [3.63, 3.8) is 0 Å². The molecule has 130 valence electrons. The third-order valence-corrected chi connectivity index (χ3v) is 4.30. The first-order valence-corrected chi connectivity index (χ1v) is 8.42. The van der Waals surface area contributed by atoms with Gasteiger partial charge in [0.05, 0.1) is 0 Å². The van der Waals surface area contributed by atoms with E-state index < -0.39 is 0 Å². The minimum atomic E-state index is -0.273. The largest absolute Gasteiger partial charge is 0.352 e. The van der Waals surface area contributed by atoms with Gasteiger partial charge in [0.15, 0.2) is 0 Å². The molecule has 6 heteroatoms. The van der Waals surface area contributed by atoms with E-state index in [9.17, 15) is 9.59 Å². The summed E-state index contributed by atoms with van der Waals surface area (Å²) in [5.41, 5.74) is 2.63. The Morgan fingerprint density at radius 3 is 2.52 bits per heavy atom. The van der Waals surface area contributed by atoms with E-state index in [2.05, 4.69) is 27.9 Å². The van der Waals surface area contributed by atoms with Crippen molar-refractivity contribution < 1.29 is 9.59 Å². The molecule has 1 fully saturated rings. The number of carbonyl (C=O) groups is 2. The van der Waals surface area contributed by atoms with Crippen LogP contribution in [0, 0.1) is 11.8 Å². The monoisotopic (exact) mass is 338 g/mol. The van der Waals surface area contributed by atoms with Crippen LogP contribution in [0.1, 0.15) is 24.5 Å². The SMILES string of the molecule is C[C@@H]1C[C@H]1C(=O)NCc1cccc(NC(=O)NCc2ccncc2)c1. The van der Waals surface area contributed by atoms with Crippen molar-refractivity contribution in [1.29, 1.82) is 0 Å². The summed E-state index contributed by atoms with van der Waals surface area (Å²) in [5.74, 6) is 0.776. The molecule has 0 saturated heterocycles. The van der Waals surface area contributed by atoms with Crippen molar-refractivity contribution in [2.45, 2.75) is 26.4 Å². The van der Waals surface area contributed by atoms with Crippen LogP contribution in [0.15, 0.2) is 48.8 Å². The number of carbonyl (C=O) groups excluding carboxylic acids is 2. The molecule has 25 heavy (non-hydrogen) atoms. The lowest BCUT2D eigenvalue weighted by molar-refractivity contribution is -0.122. The number of hydrogen-bond donors (Lipinski definition) is 3. The van der Waals surface area contributed by atoms with Crippen LogP contribution in [0.4, 0.5) is 10.5 Å². The fourth-order valence-electron chi connectivity index (χ4n) is 2.63. The number of amides is 3. The van der Waals surface area contributed by atoms with Gasteiger partial charge in [0.2, 0.25) is 5.91 Å². The quantitative estimate of drug-likeness (QED) is 0.757. The molecule has 0 unspecified atom stereocenters. The smallest absolute Gasteiger partial charge is 0.319 e. The van der Waals surface area contributed by atoms with Gasteiger partial charge >= 0.3 is 6.03 Å². The van der Waals surface area contributed by atoms with Gasteiger partial charge in [-0.25, -0.2) is 4.79 Å². The van der Waals surface area contributed by atoms with Crippen molar-refractivity contribution in [2.75, 3.05) is 5.32 Å². The number of rotatable bonds is 6. The number of aromatic nitrogens is 1. The fraction of sp³-hybridized carbons (Fsp3) is 0.316. The van der Waals surface area contributed by atoms with Crippen molar-refractivity contribution in [2.24, 2.45) is 11.8 Å². The summed E-state index contributed by atoms with van der Waals surface area (Å²) in [5, 5.41) is 8.55. The van der Waals surface area contributed by atoms with Crippen LogP contribution in [0.3, 0.4) is 0 Å². The summed E-state index contributed by atoms with van der Waals surface area (Å²) in [6, 6.07) is 10.9. The van der Waals surface area contributed by atoms with Crippen LogP contribution in [-0.2, 0) is 17.9 Å². The first-order chi connectivity index (χ1) is 12.1. The van der Waals surface area contributed by atoms with Crippen LogP contribution >= 0.6 is 0 Å². The molecule has 1 aliphatic carbocycles. The van der Waals surface area contributed by atoms with Crippen LogP contribution < -0.4 is 16.0 Å². The van der Waals surface area contributed by atoms with Gasteiger partial charge in [-0.15, -0.1) is 0 Å². The fourth-order valence-corrected chi connectivity index (χ4v) is 2.63. The Balaban J connectivity index is 1.47. The Labute approximate surface area is 147 Å². The van der Waals surface area contributed by atoms with Crippen molar-refractivity contribution in [3.8, 4) is 0 Å². The number of benzene rings is 1. The first-order valence-electron chi connectivity index (χ1n) is 8.42. The Morgan fingerprint density at radius 2 is 1.80 bits per heavy atom. The second-order valence-electron chi connectivity index (χ2n) is 6.40. The average Bonchev–Trinajstić information content (AvgIpc) is 3.36. The highest BCUT2D eigenvalue weighted by molar-refractivity contribution is 5.89. The van der Waals surface area contributed by atoms with Gasteiger partial charge in [-0.2, -0.15) is 0 Å². The molecule has 1 heterocycles. The van der Waals surface area contributed by atoms with Gasteiger partial charge in [0.25, 0.3) is 0 Å². The molecule has 3 N–H and O–H groups in total. The Kier molecular flexibility index (Phi) is 5.28. The second kappa shape index (κ2) is 7.79. The van der Waals surface area contributed by atoms with E-state index in [1.165, 1.54) is 0 Å². The molecule has 1 saturated carbocycles. The minimum Gasteiger partial charge on any atom is -0.352 e. The molecule has 0 spiro atoms. The predicted molar refractivity (Wildman–Crippen MR) is 95.7 cm³/mol. The van der Waals surface area contributed by atoms with Crippen LogP contribution in [-0.4, -0.2) is 16.9 Å². The molecule has 2 atom stereocenters. The van der Waals surface area contributed by atoms with Gasteiger partial charge in [0, 0.05) is 37.1 Å². The average molecular weight is 338 g/mol. The third kappa shape index (κ3) is 5.04. The van der Waals surface area contributed by atoms with E-state index in [-0.39, 0.29) is 17.9 Å². The van der Waals surface area contributed by atoms with E-state index in [4.69, 9.17) is 0 Å². The van der Waals surface area contributed by atoms with Gasteiger partial charge < -0.3 is 16.0 Å². The van der Waals surface area contributed by atoms with Gasteiger partial charge in [-0.1, -0.05) is 19.1 Å². The molecule has 1 aromatic heterocycles. The molecule has 0 bridgehead atoms. The standard InChI is InChI=1S/C19H22N4O2/c1-13-9-17(13)18(24)21-12-15-3-2-4-16(10-15)23-19(25)22-11-14-5-7-20-8-6-14/h2-8,10,13,17H,9,11-12H2,1H3,(H,21,24)(H2,22,23,25)/t13-,17-/m1/s1. The number of hydrogen-bond acceptors (Lipinski definition) is 3. The highest BCUT2D eigenvalue weighted by Gasteiger charge is 2.38. The summed E-state index contributed by atoms with van der Waals surface area (Å²) in [4.78, 5) is 27.8. The number of nitrogens with one attached hydrogen (secondary N) is 3. The summed E-state index contributed by atoms with van der Waals surface area (Å²) in [6.07, 6.45) is 4.36. The molecule has 1 aromatic carbocycles. The summed E-state index contributed by atoms with van der Waals surface area (Å²) < 4.78 is 0. The zero-order chi connectivity index (χ0) is 17.6. The zero-order valence-corrected chi connectivity index (χ0v) is 14.2. The van der Waals surface area contributed by atoms with E-state index in [1.54, 1.807) is 12.4 Å². The molecular formula is C19H22N4O2. The van der Waals surface area contributed by atoms with Crippen molar-refractivity contribution in [3.05, 3.63) is 59.9 Å². The van der Waals surface area contributed by atoms with E-state index in [0.717, 1.165) is 17.5 Å². The van der Waals surface area contributed by atoms with E-state index >= 15 is 0 Å². The zero-order valence-electron chi connectivity index (χ0n) is 14.2. The lowest BCUT2D eigenvalue weighted by Gasteiger charge is -2.10. The summed E-state index contributed by atoms with van der Waals surface area (Å²) >= 11 is 0. The van der Waals surface area contributed by atoms with Crippen molar-refractivity contribution >= 4 is 17.6 Å². The number of nitrogens with zero attached hydrogens (tertiary/aromatic N) is 1. The third-order valence-electron chi connectivity index (χ3n) is 4.30. The lowest BCUT2D eigenvalue weighted by atomic mass is 10.2. The molecular weight excluding hydrogens is 316 g/mol. The maximum absolute atomic E-state index is 12.0. The highest BCUT2D eigenvalue weighted by Crippen LogP contribution is 2.37. The maximum Gasteiger partial charge on any atom is 0.319 e. The number of pyridine rings is 1. The molecule has 3 amide bonds. The normalized spacial score (nSPS) is 18.3. The number of anilines is 1. The molecule has 2 aromatic rings. The van der Waals surface area contributed by atoms with Gasteiger partial charge in [-0.3, -0.25) is 9.78 Å². The molecule has 6 nitrogen and oxygen atoms in total. The Morgan fingerprint density at radius 1 is 1.08 bits per heavy atom. The lowest BCUT2D eigenvalue weighted by Crippen LogP contribution is -2.28. The van der Waals surface area contributed by atoms with Crippen LogP contribution in [0.2, 0.25) is 0 Å². The topological polar surface area (TPSA) is 83.1 Å². The predicted octanol–water partition coefficient (Wildman–Crippen LogP) is 2.68. The molecule has 1 aliphatic rings. The molecule has 3 rings (SSSR count). The van der Waals surface area contributed by atoms with Gasteiger partial charge in [0.1, 0.15) is 0 Å². The maximum atomic E-state index is 12.0. The van der Waals surface area contributed by atoms with Crippen LogP contribution in [0.25, 0.3) is 0 Å². The minimum absolute atomic E-state index is 0.112. The van der Waals surface area contributed by atoms with E-state index in [0.29, 0.717) is 24.7 Å². The van der Waals surface area contributed by atoms with Crippen molar-refractivity contribution in [1.82, 2.24) is 15.6 Å². The number of urea groups is 1.